The number of allylic oxidation sites excluding steroid dienone is 2. The second-order valence-electron chi connectivity index (χ2n) is 33.4. The predicted molar refractivity (Wildman–Crippen MR) is 338 cm³/mol. The van der Waals surface area contributed by atoms with E-state index in [2.05, 4.69) is 33.8 Å². The van der Waals surface area contributed by atoms with Gasteiger partial charge in [-0.25, -0.2) is 0 Å². The van der Waals surface area contributed by atoms with Crippen LogP contribution in [-0.4, -0.2) is 357 Å². The Balaban J connectivity index is 0.802. The van der Waals surface area contributed by atoms with E-state index in [1.165, 1.54) is 13.8 Å². The van der Waals surface area contributed by atoms with Gasteiger partial charge in [-0.15, -0.1) is 0 Å². The Hall–Kier alpha value is -2.11. The molecule has 35 heteroatoms. The molecule has 0 aromatic heterocycles. The molecule has 35 nitrogen and oxygen atoms in total. The van der Waals surface area contributed by atoms with Gasteiger partial charge in [-0.2, -0.15) is 0 Å². The average Bonchev–Trinajstić information content (AvgIpc) is 1.06. The Morgan fingerprint density at radius 2 is 1.03 bits per heavy atom. The third kappa shape index (κ3) is 13.6. The molecular weight excluding hydrogens is 1380 g/mol. The topological polar surface area (TPSA) is 551 Å². The number of carbonyl (C=O) groups is 1. The first-order valence-electron chi connectivity index (χ1n) is 35.9. The summed E-state index contributed by atoms with van der Waals surface area (Å²) in [6, 6.07) is 0. The van der Waals surface area contributed by atoms with Crippen LogP contribution in [0.3, 0.4) is 0 Å². The molecule has 0 spiro atoms. The zero-order valence-corrected chi connectivity index (χ0v) is 59.0. The molecule has 0 unspecified atom stereocenters. The molecule has 0 radical (unpaired) electrons. The van der Waals surface area contributed by atoms with E-state index in [-0.39, 0.29) is 30.6 Å². The predicted octanol–water partition coefficient (Wildman–Crippen LogP) is -7.03. The molecule has 103 heavy (non-hydrogen) atoms. The highest BCUT2D eigenvalue weighted by Crippen LogP contribution is 2.76. The molecule has 0 aromatic carbocycles. The Bertz CT molecular complexity index is 2980. The Morgan fingerprint density at radius 1 is 0.495 bits per heavy atom. The van der Waals surface area contributed by atoms with E-state index in [1.807, 2.05) is 6.92 Å². The van der Waals surface area contributed by atoms with E-state index in [9.17, 15) is 102 Å². The number of hydrogen-bond donors (Lipinski definition) is 20. The minimum Gasteiger partial charge on any atom is -0.432 e. The van der Waals surface area contributed by atoms with Crippen molar-refractivity contribution < 1.29 is 173 Å². The van der Waals surface area contributed by atoms with Crippen LogP contribution >= 0.6 is 0 Å². The average molecular weight is 1490 g/mol. The molecule has 5 aliphatic carbocycles. The van der Waals surface area contributed by atoms with Crippen molar-refractivity contribution in [1.29, 1.82) is 0 Å². The molecule has 7 aliphatic heterocycles. The van der Waals surface area contributed by atoms with E-state index in [0.29, 0.717) is 32.1 Å². The van der Waals surface area contributed by atoms with E-state index in [0.717, 1.165) is 5.57 Å². The number of rotatable bonds is 18. The SMILES string of the molecule is C[C@@H]1O[C@@H](O[C@@H]2[C@@H](O[C@@H]3OC[C@](O)(CO)[C@H]3O)[C@H](O[C@H]3[C@H](O[C@H]4[C@H](OC(=O)[C@]56CCC(C)(C)C[C@@H]5C5=CC[C@@H]7[C@@]8(C)C[C@H](O)[C@H](O)[C@@](C)(CO[C@@H]9O[C@H](CO)[C@@H](O)[C@H](O)[C@H]9O[C@@H]9OC[C@](O)(CO)[C@H]9O)[C@@H]8[C@H](O)C[C@@]7(C)[C@]5(C)CC6)OC[C@H](O)[C@@H]4O)O[C@@H](C)[C@H](O)[C@H]3O)OC[C@H]2O)[C@H](O)[C@H](O)[C@H]1O. The first-order chi connectivity index (χ1) is 48.2. The second-order valence-corrected chi connectivity index (χ2v) is 33.4. The van der Waals surface area contributed by atoms with Crippen LogP contribution in [0.1, 0.15) is 107 Å². The number of aliphatic hydroxyl groups is 20. The zero-order valence-electron chi connectivity index (χ0n) is 59.0. The summed E-state index contributed by atoms with van der Waals surface area (Å²) in [5.74, 6) is -2.36. The fraction of sp³-hybridized carbons (Fsp3) is 0.956. The van der Waals surface area contributed by atoms with Gasteiger partial charge in [0.25, 0.3) is 0 Å². The molecule has 7 saturated heterocycles. The maximum absolute atomic E-state index is 15.8. The summed E-state index contributed by atoms with van der Waals surface area (Å²) < 4.78 is 84.6. The standard InChI is InChI=1S/C68H110O35/c1-26-36(76)40(80)43(83)53(95-26)98-44-33(75)20-91-56(48(44)102-59-52(86)68(89,22-71)25-94-59)99-47-41(81)37(77)27(2)96-57(47)100-45-38(78)32(74)19-90-54(45)103-60(87)66-13-11-61(3,4)15-29(66)28-9-10-35-62(5)16-31(73)50(84)63(6,49(62)30(72)17-65(35,8)64(28,7)12-14-66)23-92-55-46(42(82)39(79)34(18-69)97-55)101-58-51(85)67(88,21-70)24-93-58/h9,26-27,29-59,69-86,88-89H,10-25H2,1-8H3/t26-,27-,29+,30+,31-,32-,33+,34+,35+,36-,37-,38-,39+,40+,41+,42-,43+,44-,45+,46+,47+,48+,49+,50-,51-,52-,53-,54-,55+,56-,57-,58-,59-,62+,63-,64+,65+,66-,67+,68+/m0/s1. The van der Waals surface area contributed by atoms with Crippen molar-refractivity contribution in [2.75, 3.05) is 52.9 Å². The number of hydrogen-bond acceptors (Lipinski definition) is 35. The number of ether oxygens (including phenoxy) is 14. The van der Waals surface area contributed by atoms with Crippen molar-refractivity contribution in [3.63, 3.8) is 0 Å². The van der Waals surface area contributed by atoms with Crippen LogP contribution in [0.2, 0.25) is 0 Å². The van der Waals surface area contributed by atoms with Gasteiger partial charge in [0.2, 0.25) is 6.29 Å². The van der Waals surface area contributed by atoms with Gasteiger partial charge in [-0.3, -0.25) is 4.79 Å². The van der Waals surface area contributed by atoms with Crippen LogP contribution in [0.4, 0.5) is 0 Å². The summed E-state index contributed by atoms with van der Waals surface area (Å²) in [7, 11) is 0. The fourth-order valence-corrected chi connectivity index (χ4v) is 19.9. The van der Waals surface area contributed by atoms with E-state index in [1.54, 1.807) is 6.92 Å². The summed E-state index contributed by atoms with van der Waals surface area (Å²) in [5, 5.41) is 224. The molecule has 12 rings (SSSR count). The van der Waals surface area contributed by atoms with E-state index in [4.69, 9.17) is 66.3 Å². The second kappa shape index (κ2) is 29.5. The van der Waals surface area contributed by atoms with Crippen LogP contribution in [0.5, 0.6) is 0 Å². The smallest absolute Gasteiger partial charge is 0.315 e. The lowest BCUT2D eigenvalue weighted by molar-refractivity contribution is -0.396. The summed E-state index contributed by atoms with van der Waals surface area (Å²) in [5.41, 5.74) is -9.07. The minimum atomic E-state index is -2.27. The minimum absolute atomic E-state index is 0.0383. The van der Waals surface area contributed by atoms with Crippen LogP contribution in [0, 0.1) is 50.2 Å². The number of fused-ring (bicyclic) bond motifs is 7. The zero-order chi connectivity index (χ0) is 75.1. The molecule has 11 fully saturated rings. The molecule has 20 N–H and O–H groups in total. The summed E-state index contributed by atoms with van der Waals surface area (Å²) in [6.45, 7) is 9.24. The lowest BCUT2D eigenvalue weighted by atomic mass is 9.33. The Labute approximate surface area is 594 Å². The Morgan fingerprint density at radius 3 is 1.65 bits per heavy atom. The highest BCUT2D eigenvalue weighted by molar-refractivity contribution is 5.79. The number of esters is 1. The summed E-state index contributed by atoms with van der Waals surface area (Å²) >= 11 is 0. The van der Waals surface area contributed by atoms with E-state index >= 15 is 4.79 Å². The van der Waals surface area contributed by atoms with Crippen LogP contribution < -0.4 is 0 Å². The quantitative estimate of drug-likeness (QED) is 0.0448. The highest BCUT2D eigenvalue weighted by atomic mass is 16.8. The van der Waals surface area contributed by atoms with Gasteiger partial charge in [-0.05, 0) is 98.7 Å². The van der Waals surface area contributed by atoms with Crippen molar-refractivity contribution in [2.45, 2.75) is 302 Å². The molecule has 0 amide bonds. The summed E-state index contributed by atoms with van der Waals surface area (Å²) in [4.78, 5) is 15.8. The molecule has 592 valence electrons. The lowest BCUT2D eigenvalue weighted by Gasteiger charge is -2.72. The first kappa shape index (κ1) is 80.4. The molecule has 40 atom stereocenters. The third-order valence-electron chi connectivity index (χ3n) is 26.3. The summed E-state index contributed by atoms with van der Waals surface area (Å²) in [6.07, 6.45) is -46.6. The molecular formula is C68H110O35. The third-order valence-corrected chi connectivity index (χ3v) is 26.3. The number of aliphatic hydroxyl groups excluding tert-OH is 18. The maximum atomic E-state index is 15.8. The monoisotopic (exact) mass is 1490 g/mol. The molecule has 12 aliphatic rings. The Kier molecular flexibility index (Phi) is 23.1. The molecule has 4 saturated carbocycles. The lowest BCUT2D eigenvalue weighted by Crippen LogP contribution is -2.72. The highest BCUT2D eigenvalue weighted by Gasteiger charge is 2.74. The largest absolute Gasteiger partial charge is 0.432 e. The van der Waals surface area contributed by atoms with Gasteiger partial charge in [0.1, 0.15) is 115 Å². The number of carbonyl (C=O) groups excluding carboxylic acids is 1. The first-order valence-corrected chi connectivity index (χ1v) is 35.9. The normalized spacial score (nSPS) is 55.8. The molecule has 0 aromatic rings. The van der Waals surface area contributed by atoms with Crippen molar-refractivity contribution >= 4 is 5.97 Å². The van der Waals surface area contributed by atoms with Crippen molar-refractivity contribution in [3.05, 3.63) is 11.6 Å². The molecule has 7 heterocycles. The van der Waals surface area contributed by atoms with Crippen molar-refractivity contribution in [2.24, 2.45) is 50.2 Å². The van der Waals surface area contributed by atoms with Gasteiger partial charge in [-0.1, -0.05) is 53.2 Å². The molecule has 0 bridgehead atoms. The fourth-order valence-electron chi connectivity index (χ4n) is 19.9. The maximum Gasteiger partial charge on any atom is 0.315 e. The van der Waals surface area contributed by atoms with Gasteiger partial charge >= 0.3 is 5.97 Å². The van der Waals surface area contributed by atoms with E-state index < -0.39 is 293 Å². The van der Waals surface area contributed by atoms with Crippen LogP contribution in [-0.2, 0) is 71.1 Å². The van der Waals surface area contributed by atoms with Gasteiger partial charge < -0.3 is 168 Å². The van der Waals surface area contributed by atoms with Crippen LogP contribution in [0.25, 0.3) is 0 Å². The van der Waals surface area contributed by atoms with Gasteiger partial charge in [0.05, 0.1) is 88.8 Å². The van der Waals surface area contributed by atoms with Gasteiger partial charge in [0.15, 0.2) is 43.8 Å². The van der Waals surface area contributed by atoms with Crippen LogP contribution in [0.15, 0.2) is 11.6 Å². The van der Waals surface area contributed by atoms with Crippen molar-refractivity contribution in [1.82, 2.24) is 0 Å². The van der Waals surface area contributed by atoms with Gasteiger partial charge in [0, 0.05) is 11.3 Å². The van der Waals surface area contributed by atoms with Crippen molar-refractivity contribution in [3.8, 4) is 0 Å².